The molecule has 2 aromatic heterocycles. The summed E-state index contributed by atoms with van der Waals surface area (Å²) in [5.74, 6) is 1.92. The number of aryl methyl sites for hydroxylation is 1. The number of aromatic nitrogens is 2. The summed E-state index contributed by atoms with van der Waals surface area (Å²) in [6.07, 6.45) is 0. The third-order valence-electron chi connectivity index (χ3n) is 3.94. The van der Waals surface area contributed by atoms with Crippen molar-refractivity contribution in [3.8, 4) is 5.75 Å². The Hall–Kier alpha value is -3.29. The van der Waals surface area contributed by atoms with Gasteiger partial charge in [0.15, 0.2) is 17.1 Å². The fourth-order valence-corrected chi connectivity index (χ4v) is 2.61. The number of fused-ring (bicyclic) bond motifs is 1. The Bertz CT molecular complexity index is 952. The van der Waals surface area contributed by atoms with Gasteiger partial charge in [-0.05, 0) is 19.1 Å². The van der Waals surface area contributed by atoms with E-state index in [0.717, 1.165) is 16.9 Å². The molecule has 0 saturated carbocycles. The van der Waals surface area contributed by atoms with E-state index in [-0.39, 0.29) is 11.7 Å². The number of methoxy groups -OCH3 is 1. The normalized spacial score (nSPS) is 10.7. The summed E-state index contributed by atoms with van der Waals surface area (Å²) in [5, 5.41) is 6.76. The lowest BCUT2D eigenvalue weighted by Gasteiger charge is -2.13. The average molecular weight is 369 g/mol. The maximum absolute atomic E-state index is 12.3. The van der Waals surface area contributed by atoms with Gasteiger partial charge < -0.3 is 24.7 Å². The molecule has 3 aromatic rings. The highest BCUT2D eigenvalue weighted by Gasteiger charge is 2.14. The lowest BCUT2D eigenvalue weighted by atomic mass is 10.2. The number of rotatable bonds is 7. The molecule has 8 nitrogen and oxygen atoms in total. The van der Waals surface area contributed by atoms with E-state index in [9.17, 15) is 4.79 Å². The molecule has 0 spiro atoms. The van der Waals surface area contributed by atoms with Crippen LogP contribution in [0.5, 0.6) is 5.75 Å². The average Bonchev–Trinajstić information content (AvgIpc) is 3.09. The molecule has 0 aliphatic carbocycles. The molecule has 27 heavy (non-hydrogen) atoms. The van der Waals surface area contributed by atoms with Gasteiger partial charge in [0.05, 0.1) is 7.11 Å². The van der Waals surface area contributed by atoms with Crippen molar-refractivity contribution in [2.24, 2.45) is 0 Å². The van der Waals surface area contributed by atoms with Crippen LogP contribution in [-0.4, -0.2) is 50.2 Å². The van der Waals surface area contributed by atoms with E-state index in [0.29, 0.717) is 30.4 Å². The first-order valence-electron chi connectivity index (χ1n) is 8.59. The Kier molecular flexibility index (Phi) is 5.44. The number of ether oxygens (including phenoxy) is 1. The molecule has 8 heteroatoms. The van der Waals surface area contributed by atoms with Crippen molar-refractivity contribution in [1.29, 1.82) is 0 Å². The number of carbonyl (C=O) groups excluding carboxylic acids is 1. The van der Waals surface area contributed by atoms with E-state index in [2.05, 4.69) is 20.6 Å². The minimum absolute atomic E-state index is 0.246. The number of benzene rings is 1. The summed E-state index contributed by atoms with van der Waals surface area (Å²) in [4.78, 5) is 23.0. The van der Waals surface area contributed by atoms with Crippen molar-refractivity contribution < 1.29 is 13.9 Å². The Labute approximate surface area is 157 Å². The molecule has 1 amide bonds. The molecule has 0 fully saturated rings. The van der Waals surface area contributed by atoms with Crippen LogP contribution in [0, 0.1) is 6.92 Å². The topological polar surface area (TPSA) is 92.5 Å². The number of hydrogen-bond acceptors (Lipinski definition) is 7. The molecule has 3 rings (SSSR count). The van der Waals surface area contributed by atoms with Crippen molar-refractivity contribution in [2.75, 3.05) is 44.5 Å². The molecular formula is C19H23N5O3. The summed E-state index contributed by atoms with van der Waals surface area (Å²) in [6, 6.07) is 9.13. The predicted molar refractivity (Wildman–Crippen MR) is 105 cm³/mol. The fraction of sp³-hybridized carbons (Fsp3) is 0.316. The monoisotopic (exact) mass is 369 g/mol. The quantitative estimate of drug-likeness (QED) is 0.618. The van der Waals surface area contributed by atoms with Crippen LogP contribution in [0.15, 0.2) is 34.7 Å². The summed E-state index contributed by atoms with van der Waals surface area (Å²) in [5.41, 5.74) is 1.43. The molecule has 0 unspecified atom stereocenters. The molecule has 0 aliphatic heterocycles. The first kappa shape index (κ1) is 18.5. The summed E-state index contributed by atoms with van der Waals surface area (Å²) < 4.78 is 10.9. The molecular weight excluding hydrogens is 346 g/mol. The van der Waals surface area contributed by atoms with E-state index >= 15 is 0 Å². The number of carbonyl (C=O) groups is 1. The van der Waals surface area contributed by atoms with E-state index in [1.807, 2.05) is 44.1 Å². The van der Waals surface area contributed by atoms with Crippen molar-refractivity contribution in [1.82, 2.24) is 15.3 Å². The van der Waals surface area contributed by atoms with Crippen LogP contribution in [0.4, 0.5) is 11.8 Å². The Morgan fingerprint density at radius 1 is 1.22 bits per heavy atom. The molecule has 0 radical (unpaired) electrons. The van der Waals surface area contributed by atoms with Crippen molar-refractivity contribution >= 4 is 28.6 Å². The van der Waals surface area contributed by atoms with Gasteiger partial charge in [-0.25, -0.2) is 4.98 Å². The van der Waals surface area contributed by atoms with E-state index in [1.54, 1.807) is 19.2 Å². The highest BCUT2D eigenvalue weighted by molar-refractivity contribution is 5.97. The molecule has 142 valence electrons. The lowest BCUT2D eigenvalue weighted by Crippen LogP contribution is -2.28. The third kappa shape index (κ3) is 4.28. The molecule has 0 saturated heterocycles. The van der Waals surface area contributed by atoms with Gasteiger partial charge in [-0.2, -0.15) is 4.98 Å². The Morgan fingerprint density at radius 2 is 2.04 bits per heavy atom. The van der Waals surface area contributed by atoms with Crippen LogP contribution in [0.25, 0.3) is 11.0 Å². The second kappa shape index (κ2) is 7.94. The zero-order valence-corrected chi connectivity index (χ0v) is 15.9. The van der Waals surface area contributed by atoms with Gasteiger partial charge >= 0.3 is 0 Å². The SMILES string of the molecule is COc1cccc2cc(C(=O)NCCNc3nc(C)cc(N(C)C)n3)oc12. The molecule has 0 atom stereocenters. The maximum Gasteiger partial charge on any atom is 0.287 e. The molecule has 2 heterocycles. The second-order valence-electron chi connectivity index (χ2n) is 6.26. The van der Waals surface area contributed by atoms with Gasteiger partial charge in [0.1, 0.15) is 5.82 Å². The smallest absolute Gasteiger partial charge is 0.287 e. The van der Waals surface area contributed by atoms with E-state index < -0.39 is 0 Å². The van der Waals surface area contributed by atoms with Crippen molar-refractivity contribution in [2.45, 2.75) is 6.92 Å². The van der Waals surface area contributed by atoms with Gasteiger partial charge in [0, 0.05) is 44.3 Å². The number of anilines is 2. The second-order valence-corrected chi connectivity index (χ2v) is 6.26. The maximum atomic E-state index is 12.3. The van der Waals surface area contributed by atoms with Crippen molar-refractivity contribution in [3.05, 3.63) is 41.8 Å². The van der Waals surface area contributed by atoms with Gasteiger partial charge in [-0.15, -0.1) is 0 Å². The minimum Gasteiger partial charge on any atom is -0.493 e. The fourth-order valence-electron chi connectivity index (χ4n) is 2.61. The minimum atomic E-state index is -0.283. The summed E-state index contributed by atoms with van der Waals surface area (Å²) in [7, 11) is 5.42. The van der Waals surface area contributed by atoms with Crippen LogP contribution in [0.3, 0.4) is 0 Å². The van der Waals surface area contributed by atoms with Crippen molar-refractivity contribution in [3.63, 3.8) is 0 Å². The summed E-state index contributed by atoms with van der Waals surface area (Å²) >= 11 is 0. The van der Waals surface area contributed by atoms with Gasteiger partial charge in [0.25, 0.3) is 5.91 Å². The summed E-state index contributed by atoms with van der Waals surface area (Å²) in [6.45, 7) is 2.81. The number of hydrogen-bond donors (Lipinski definition) is 2. The lowest BCUT2D eigenvalue weighted by molar-refractivity contribution is 0.0929. The van der Waals surface area contributed by atoms with E-state index in [1.165, 1.54) is 0 Å². The standard InChI is InChI=1S/C19H23N5O3/c1-12-10-16(24(2)3)23-19(22-12)21-9-8-20-18(25)15-11-13-6-5-7-14(26-4)17(13)27-15/h5-7,10-11H,8-9H2,1-4H3,(H,20,25)(H,21,22,23). The Balaban J connectivity index is 1.57. The molecule has 1 aromatic carbocycles. The third-order valence-corrected chi connectivity index (χ3v) is 3.94. The van der Waals surface area contributed by atoms with Crippen LogP contribution in [-0.2, 0) is 0 Å². The van der Waals surface area contributed by atoms with Gasteiger partial charge in [-0.1, -0.05) is 12.1 Å². The van der Waals surface area contributed by atoms with Crippen LogP contribution in [0.1, 0.15) is 16.2 Å². The van der Waals surface area contributed by atoms with Gasteiger partial charge in [-0.3, -0.25) is 4.79 Å². The molecule has 0 aliphatic rings. The van der Waals surface area contributed by atoms with Crippen LogP contribution in [0.2, 0.25) is 0 Å². The highest BCUT2D eigenvalue weighted by atomic mass is 16.5. The number of nitrogens with one attached hydrogen (secondary N) is 2. The number of amides is 1. The zero-order valence-electron chi connectivity index (χ0n) is 15.9. The van der Waals surface area contributed by atoms with Gasteiger partial charge in [0.2, 0.25) is 5.95 Å². The number of furan rings is 1. The first-order valence-corrected chi connectivity index (χ1v) is 8.59. The highest BCUT2D eigenvalue weighted by Crippen LogP contribution is 2.28. The number of para-hydroxylation sites is 1. The first-order chi connectivity index (χ1) is 13.0. The Morgan fingerprint density at radius 3 is 2.78 bits per heavy atom. The van der Waals surface area contributed by atoms with Crippen LogP contribution >= 0.6 is 0 Å². The van der Waals surface area contributed by atoms with Crippen LogP contribution < -0.4 is 20.3 Å². The van der Waals surface area contributed by atoms with E-state index in [4.69, 9.17) is 9.15 Å². The number of nitrogens with zero attached hydrogens (tertiary/aromatic N) is 3. The molecule has 0 bridgehead atoms. The molecule has 2 N–H and O–H groups in total. The predicted octanol–water partition coefficient (Wildman–Crippen LogP) is 2.45. The zero-order chi connectivity index (χ0) is 19.4. The largest absolute Gasteiger partial charge is 0.493 e.